The summed E-state index contributed by atoms with van der Waals surface area (Å²) in [6, 6.07) is 4.40. The van der Waals surface area contributed by atoms with Crippen molar-refractivity contribution in [3.63, 3.8) is 0 Å². The van der Waals surface area contributed by atoms with Gasteiger partial charge in [-0.25, -0.2) is 8.42 Å². The molecule has 0 saturated carbocycles. The maximum Gasteiger partial charge on any atom is 0.175 e. The van der Waals surface area contributed by atoms with Crippen molar-refractivity contribution in [1.82, 2.24) is 0 Å². The first-order valence-electron chi connectivity index (χ1n) is 3.10. The smallest absolute Gasteiger partial charge is 0.175 e. The lowest BCUT2D eigenvalue weighted by Gasteiger charge is -2.00. The molecule has 2 nitrogen and oxygen atoms in total. The van der Waals surface area contributed by atoms with Crippen LogP contribution in [0.2, 0.25) is 5.02 Å². The summed E-state index contributed by atoms with van der Waals surface area (Å²) in [6.45, 7) is 0. The van der Waals surface area contributed by atoms with Gasteiger partial charge in [0.1, 0.15) is 0 Å². The Bertz CT molecular complexity index is 398. The number of halogens is 1. The molecule has 0 saturated heterocycles. The van der Waals surface area contributed by atoms with Gasteiger partial charge in [-0.2, -0.15) is 0 Å². The third-order valence-corrected chi connectivity index (χ3v) is 3.29. The predicted molar refractivity (Wildman–Crippen MR) is 51.8 cm³/mol. The number of sulfone groups is 1. The van der Waals surface area contributed by atoms with Crippen molar-refractivity contribution in [2.45, 2.75) is 9.79 Å². The van der Waals surface area contributed by atoms with Crippen LogP contribution in [0.4, 0.5) is 0 Å². The van der Waals surface area contributed by atoms with Gasteiger partial charge in [-0.05, 0) is 18.2 Å². The SMILES string of the molecule is CS(=O)(=O)c1ccc(Cl)c(S)c1. The molecule has 0 unspecified atom stereocenters. The van der Waals surface area contributed by atoms with Gasteiger partial charge in [0.05, 0.1) is 9.92 Å². The van der Waals surface area contributed by atoms with E-state index in [9.17, 15) is 8.42 Å². The number of benzene rings is 1. The standard InChI is InChI=1S/C7H7ClO2S2/c1-12(9,10)5-2-3-6(8)7(11)4-5/h2-4,11H,1H3. The second-order valence-electron chi connectivity index (χ2n) is 2.39. The molecule has 0 aliphatic carbocycles. The Labute approximate surface area is 81.9 Å². The molecule has 5 heteroatoms. The van der Waals surface area contributed by atoms with E-state index in [0.29, 0.717) is 9.92 Å². The molecular formula is C7H7ClO2S2. The molecule has 0 heterocycles. The minimum atomic E-state index is -3.15. The Kier molecular flexibility index (Phi) is 2.70. The molecule has 66 valence electrons. The van der Waals surface area contributed by atoms with Crippen LogP contribution in [0.1, 0.15) is 0 Å². The number of hydrogen-bond donors (Lipinski definition) is 1. The Balaban J connectivity index is 3.33. The van der Waals surface area contributed by atoms with Crippen LogP contribution in [0, 0.1) is 0 Å². The Hall–Kier alpha value is -0.190. The molecule has 0 fully saturated rings. The molecule has 12 heavy (non-hydrogen) atoms. The molecular weight excluding hydrogens is 216 g/mol. The topological polar surface area (TPSA) is 34.1 Å². The van der Waals surface area contributed by atoms with Crippen molar-refractivity contribution in [1.29, 1.82) is 0 Å². The highest BCUT2D eigenvalue weighted by atomic mass is 35.5. The first-order chi connectivity index (χ1) is 5.41. The lowest BCUT2D eigenvalue weighted by atomic mass is 10.4. The Morgan fingerprint density at radius 3 is 2.42 bits per heavy atom. The fourth-order valence-corrected chi connectivity index (χ4v) is 1.79. The van der Waals surface area contributed by atoms with E-state index in [2.05, 4.69) is 12.6 Å². The zero-order chi connectivity index (χ0) is 9.35. The van der Waals surface area contributed by atoms with E-state index in [1.807, 2.05) is 0 Å². The average Bonchev–Trinajstić information content (AvgIpc) is 1.92. The fourth-order valence-electron chi connectivity index (χ4n) is 0.723. The molecule has 0 amide bonds. The van der Waals surface area contributed by atoms with Gasteiger partial charge in [0.2, 0.25) is 0 Å². The maximum atomic E-state index is 11.0. The highest BCUT2D eigenvalue weighted by Crippen LogP contribution is 2.22. The van der Waals surface area contributed by atoms with E-state index < -0.39 is 9.84 Å². The van der Waals surface area contributed by atoms with Crippen LogP contribution in [0.5, 0.6) is 0 Å². The minimum Gasteiger partial charge on any atom is -0.224 e. The minimum absolute atomic E-state index is 0.233. The summed E-state index contributed by atoms with van der Waals surface area (Å²) < 4.78 is 22.0. The van der Waals surface area contributed by atoms with Crippen molar-refractivity contribution in [3.05, 3.63) is 23.2 Å². The third-order valence-electron chi connectivity index (χ3n) is 1.35. The molecule has 1 aromatic carbocycles. The average molecular weight is 223 g/mol. The fraction of sp³-hybridized carbons (Fsp3) is 0.143. The van der Waals surface area contributed by atoms with E-state index >= 15 is 0 Å². The molecule has 1 rings (SSSR count). The molecule has 0 bridgehead atoms. The van der Waals surface area contributed by atoms with E-state index in [0.717, 1.165) is 6.26 Å². The van der Waals surface area contributed by atoms with Crippen molar-refractivity contribution in [2.24, 2.45) is 0 Å². The summed E-state index contributed by atoms with van der Waals surface area (Å²) in [6.07, 6.45) is 1.14. The van der Waals surface area contributed by atoms with Crippen LogP contribution in [-0.4, -0.2) is 14.7 Å². The van der Waals surface area contributed by atoms with Gasteiger partial charge in [-0.3, -0.25) is 0 Å². The van der Waals surface area contributed by atoms with Gasteiger partial charge in [-0.1, -0.05) is 11.6 Å². The second kappa shape index (κ2) is 3.28. The lowest BCUT2D eigenvalue weighted by molar-refractivity contribution is 0.601. The number of hydrogen-bond acceptors (Lipinski definition) is 3. The first-order valence-corrected chi connectivity index (χ1v) is 5.81. The van der Waals surface area contributed by atoms with Gasteiger partial charge in [0.25, 0.3) is 0 Å². The van der Waals surface area contributed by atoms with Crippen LogP contribution in [0.3, 0.4) is 0 Å². The van der Waals surface area contributed by atoms with Gasteiger partial charge in [0.15, 0.2) is 9.84 Å². The molecule has 0 aliphatic rings. The van der Waals surface area contributed by atoms with E-state index in [1.54, 1.807) is 0 Å². The quantitative estimate of drug-likeness (QED) is 0.738. The molecule has 0 atom stereocenters. The van der Waals surface area contributed by atoms with E-state index in [1.165, 1.54) is 18.2 Å². The summed E-state index contributed by atoms with van der Waals surface area (Å²) in [5.41, 5.74) is 0. The van der Waals surface area contributed by atoms with Crippen LogP contribution >= 0.6 is 24.2 Å². The zero-order valence-electron chi connectivity index (χ0n) is 6.28. The maximum absolute atomic E-state index is 11.0. The summed E-state index contributed by atoms with van der Waals surface area (Å²) in [5, 5.41) is 0.450. The highest BCUT2D eigenvalue weighted by Gasteiger charge is 2.07. The van der Waals surface area contributed by atoms with Crippen LogP contribution < -0.4 is 0 Å². The largest absolute Gasteiger partial charge is 0.224 e. The van der Waals surface area contributed by atoms with Gasteiger partial charge in [0, 0.05) is 11.2 Å². The summed E-state index contributed by atoms with van der Waals surface area (Å²) in [7, 11) is -3.15. The molecule has 1 aromatic rings. The lowest BCUT2D eigenvalue weighted by Crippen LogP contribution is -1.96. The molecule has 0 spiro atoms. The van der Waals surface area contributed by atoms with E-state index in [-0.39, 0.29) is 4.90 Å². The zero-order valence-corrected chi connectivity index (χ0v) is 8.75. The van der Waals surface area contributed by atoms with Crippen LogP contribution in [-0.2, 0) is 9.84 Å². The van der Waals surface area contributed by atoms with E-state index in [4.69, 9.17) is 11.6 Å². The van der Waals surface area contributed by atoms with Crippen molar-refractivity contribution in [3.8, 4) is 0 Å². The van der Waals surface area contributed by atoms with Crippen LogP contribution in [0.15, 0.2) is 28.0 Å². The Morgan fingerprint density at radius 2 is 2.00 bits per heavy atom. The highest BCUT2D eigenvalue weighted by molar-refractivity contribution is 7.90. The summed E-state index contributed by atoms with van der Waals surface area (Å²) in [5.74, 6) is 0. The molecule has 0 aromatic heterocycles. The number of thiol groups is 1. The first kappa shape index (κ1) is 9.89. The van der Waals surface area contributed by atoms with Gasteiger partial charge < -0.3 is 0 Å². The molecule has 0 N–H and O–H groups in total. The molecule has 0 aliphatic heterocycles. The predicted octanol–water partition coefficient (Wildman–Crippen LogP) is 2.03. The summed E-state index contributed by atoms with van der Waals surface area (Å²) >= 11 is 9.66. The van der Waals surface area contributed by atoms with Gasteiger partial charge in [-0.15, -0.1) is 12.6 Å². The summed E-state index contributed by atoms with van der Waals surface area (Å²) in [4.78, 5) is 0.705. The van der Waals surface area contributed by atoms with Gasteiger partial charge >= 0.3 is 0 Å². The van der Waals surface area contributed by atoms with Crippen LogP contribution in [0.25, 0.3) is 0 Å². The van der Waals surface area contributed by atoms with Crippen molar-refractivity contribution < 1.29 is 8.42 Å². The van der Waals surface area contributed by atoms with Crippen molar-refractivity contribution >= 4 is 34.1 Å². The Morgan fingerprint density at radius 1 is 1.42 bits per heavy atom. The van der Waals surface area contributed by atoms with Crippen molar-refractivity contribution in [2.75, 3.05) is 6.26 Å². The monoisotopic (exact) mass is 222 g/mol. The molecule has 0 radical (unpaired) electrons. The number of rotatable bonds is 1. The normalized spacial score (nSPS) is 11.6. The third kappa shape index (κ3) is 2.15. The second-order valence-corrected chi connectivity index (χ2v) is 5.29.